The van der Waals surface area contributed by atoms with Crippen LogP contribution in [0.15, 0.2) is 24.3 Å². The van der Waals surface area contributed by atoms with E-state index in [0.717, 1.165) is 18.7 Å². The second-order valence-corrected chi connectivity index (χ2v) is 6.55. The summed E-state index contributed by atoms with van der Waals surface area (Å²) in [5.74, 6) is 0.318. The van der Waals surface area contributed by atoms with Gasteiger partial charge in [-0.25, -0.2) is 8.42 Å². The Balaban J connectivity index is 2.46. The number of hydrogen-bond acceptors (Lipinski definition) is 3. The molecule has 1 aromatic carbocycles. The SMILES string of the molecule is CCNCCCS(=O)(=O)Cc1ccc(Cl)cc1. The molecule has 3 nitrogen and oxygen atoms in total. The Labute approximate surface area is 108 Å². The molecule has 0 aromatic heterocycles. The van der Waals surface area contributed by atoms with Crippen LogP contribution in [0.2, 0.25) is 5.02 Å². The Morgan fingerprint density at radius 2 is 1.88 bits per heavy atom. The van der Waals surface area contributed by atoms with Crippen molar-refractivity contribution in [2.75, 3.05) is 18.8 Å². The zero-order valence-electron chi connectivity index (χ0n) is 9.95. The van der Waals surface area contributed by atoms with Crippen molar-refractivity contribution in [3.05, 3.63) is 34.9 Å². The van der Waals surface area contributed by atoms with Crippen LogP contribution in [-0.4, -0.2) is 27.3 Å². The van der Waals surface area contributed by atoms with E-state index in [0.29, 0.717) is 11.4 Å². The van der Waals surface area contributed by atoms with Crippen molar-refractivity contribution in [3.8, 4) is 0 Å². The van der Waals surface area contributed by atoms with Crippen molar-refractivity contribution < 1.29 is 8.42 Å². The fraction of sp³-hybridized carbons (Fsp3) is 0.500. The van der Waals surface area contributed by atoms with E-state index in [9.17, 15) is 8.42 Å². The maximum absolute atomic E-state index is 11.8. The van der Waals surface area contributed by atoms with Crippen LogP contribution in [0.25, 0.3) is 0 Å². The molecule has 0 aliphatic carbocycles. The standard InChI is InChI=1S/C12H18ClNO2S/c1-2-14-8-3-9-17(15,16)10-11-4-6-12(13)7-5-11/h4-7,14H,2-3,8-10H2,1H3. The van der Waals surface area contributed by atoms with Crippen LogP contribution in [0, 0.1) is 0 Å². The number of benzene rings is 1. The van der Waals surface area contributed by atoms with Gasteiger partial charge < -0.3 is 5.32 Å². The summed E-state index contributed by atoms with van der Waals surface area (Å²) in [7, 11) is -3.01. The molecule has 0 atom stereocenters. The first kappa shape index (κ1) is 14.5. The van der Waals surface area contributed by atoms with Gasteiger partial charge in [-0.2, -0.15) is 0 Å². The molecule has 5 heteroatoms. The summed E-state index contributed by atoms with van der Waals surface area (Å²) in [6.45, 7) is 3.62. The van der Waals surface area contributed by atoms with Crippen LogP contribution in [0.5, 0.6) is 0 Å². The van der Waals surface area contributed by atoms with Gasteiger partial charge in [0.1, 0.15) is 0 Å². The summed E-state index contributed by atoms with van der Waals surface area (Å²) in [6, 6.07) is 6.93. The van der Waals surface area contributed by atoms with Crippen LogP contribution < -0.4 is 5.32 Å². The molecular formula is C12H18ClNO2S. The molecule has 0 fully saturated rings. The smallest absolute Gasteiger partial charge is 0.154 e. The second-order valence-electron chi connectivity index (χ2n) is 3.93. The molecular weight excluding hydrogens is 258 g/mol. The minimum Gasteiger partial charge on any atom is -0.317 e. The van der Waals surface area contributed by atoms with Gasteiger partial charge in [0.25, 0.3) is 0 Å². The van der Waals surface area contributed by atoms with Crippen molar-refractivity contribution in [1.82, 2.24) is 5.32 Å². The molecule has 0 unspecified atom stereocenters. The lowest BCUT2D eigenvalue weighted by Crippen LogP contribution is -2.18. The van der Waals surface area contributed by atoms with Crippen molar-refractivity contribution in [2.24, 2.45) is 0 Å². The summed E-state index contributed by atoms with van der Waals surface area (Å²) in [5, 5.41) is 3.73. The van der Waals surface area contributed by atoms with Crippen LogP contribution in [-0.2, 0) is 15.6 Å². The lowest BCUT2D eigenvalue weighted by molar-refractivity contribution is 0.589. The van der Waals surface area contributed by atoms with E-state index in [4.69, 9.17) is 11.6 Å². The van der Waals surface area contributed by atoms with E-state index in [1.54, 1.807) is 24.3 Å². The number of halogens is 1. The third kappa shape index (κ3) is 6.05. The van der Waals surface area contributed by atoms with E-state index < -0.39 is 9.84 Å². The summed E-state index contributed by atoms with van der Waals surface area (Å²) < 4.78 is 23.6. The Bertz CT molecular complexity index is 428. The van der Waals surface area contributed by atoms with Crippen LogP contribution in [0.3, 0.4) is 0 Å². The fourth-order valence-corrected chi connectivity index (χ4v) is 3.06. The molecule has 17 heavy (non-hydrogen) atoms. The monoisotopic (exact) mass is 275 g/mol. The maximum atomic E-state index is 11.8. The van der Waals surface area contributed by atoms with Gasteiger partial charge in [0.15, 0.2) is 9.84 Å². The van der Waals surface area contributed by atoms with Crippen molar-refractivity contribution in [2.45, 2.75) is 19.1 Å². The minimum absolute atomic E-state index is 0.0935. The topological polar surface area (TPSA) is 46.2 Å². The summed E-state index contributed by atoms with van der Waals surface area (Å²) >= 11 is 5.74. The first-order valence-electron chi connectivity index (χ1n) is 5.69. The molecule has 0 bridgehead atoms. The van der Waals surface area contributed by atoms with Gasteiger partial charge >= 0.3 is 0 Å². The summed E-state index contributed by atoms with van der Waals surface area (Å²) in [4.78, 5) is 0. The van der Waals surface area contributed by atoms with Gasteiger partial charge in [0, 0.05) is 5.02 Å². The Morgan fingerprint density at radius 1 is 1.24 bits per heavy atom. The Morgan fingerprint density at radius 3 is 2.47 bits per heavy atom. The molecule has 1 aromatic rings. The van der Waals surface area contributed by atoms with Crippen molar-refractivity contribution in [3.63, 3.8) is 0 Å². The Hall–Kier alpha value is -0.580. The largest absolute Gasteiger partial charge is 0.317 e. The highest BCUT2D eigenvalue weighted by Gasteiger charge is 2.11. The van der Waals surface area contributed by atoms with E-state index >= 15 is 0 Å². The normalized spacial score (nSPS) is 11.6. The molecule has 0 amide bonds. The predicted molar refractivity (Wildman–Crippen MR) is 72.1 cm³/mol. The van der Waals surface area contributed by atoms with Crippen molar-refractivity contribution >= 4 is 21.4 Å². The molecule has 96 valence electrons. The highest BCUT2D eigenvalue weighted by atomic mass is 35.5. The minimum atomic E-state index is -3.01. The lowest BCUT2D eigenvalue weighted by Gasteiger charge is -2.05. The van der Waals surface area contributed by atoms with E-state index in [2.05, 4.69) is 5.32 Å². The third-order valence-corrected chi connectivity index (χ3v) is 4.29. The van der Waals surface area contributed by atoms with Crippen LogP contribution in [0.4, 0.5) is 0 Å². The fourth-order valence-electron chi connectivity index (χ4n) is 1.50. The molecule has 0 spiro atoms. The first-order chi connectivity index (χ1) is 8.03. The van der Waals surface area contributed by atoms with Gasteiger partial charge in [-0.3, -0.25) is 0 Å². The first-order valence-corrected chi connectivity index (χ1v) is 7.89. The van der Waals surface area contributed by atoms with Gasteiger partial charge in [0.2, 0.25) is 0 Å². The molecule has 0 radical (unpaired) electrons. The molecule has 0 aliphatic heterocycles. The maximum Gasteiger partial charge on any atom is 0.154 e. The molecule has 1 N–H and O–H groups in total. The van der Waals surface area contributed by atoms with Crippen LogP contribution in [0.1, 0.15) is 18.9 Å². The number of nitrogens with one attached hydrogen (secondary N) is 1. The molecule has 1 rings (SSSR count). The third-order valence-electron chi connectivity index (χ3n) is 2.36. The molecule has 0 saturated carbocycles. The second kappa shape index (κ2) is 6.99. The van der Waals surface area contributed by atoms with E-state index in [-0.39, 0.29) is 11.5 Å². The molecule has 0 heterocycles. The lowest BCUT2D eigenvalue weighted by atomic mass is 10.2. The zero-order chi connectivity index (χ0) is 12.7. The van der Waals surface area contributed by atoms with Gasteiger partial charge in [-0.15, -0.1) is 0 Å². The van der Waals surface area contributed by atoms with Gasteiger partial charge in [0.05, 0.1) is 11.5 Å². The van der Waals surface area contributed by atoms with E-state index in [1.165, 1.54) is 0 Å². The highest BCUT2D eigenvalue weighted by Crippen LogP contribution is 2.12. The highest BCUT2D eigenvalue weighted by molar-refractivity contribution is 7.90. The summed E-state index contributed by atoms with van der Waals surface area (Å²) in [5.41, 5.74) is 0.790. The van der Waals surface area contributed by atoms with Crippen molar-refractivity contribution in [1.29, 1.82) is 0 Å². The molecule has 0 saturated heterocycles. The molecule has 0 aliphatic rings. The van der Waals surface area contributed by atoms with Crippen LogP contribution >= 0.6 is 11.6 Å². The quantitative estimate of drug-likeness (QED) is 0.777. The van der Waals surface area contributed by atoms with Gasteiger partial charge in [-0.05, 0) is 37.2 Å². The van der Waals surface area contributed by atoms with Gasteiger partial charge in [-0.1, -0.05) is 30.7 Å². The Kier molecular flexibility index (Phi) is 5.95. The predicted octanol–water partition coefficient (Wildman–Crippen LogP) is 2.25. The number of sulfone groups is 1. The average molecular weight is 276 g/mol. The summed E-state index contributed by atoms with van der Waals surface area (Å²) in [6.07, 6.45) is 0.657. The van der Waals surface area contributed by atoms with E-state index in [1.807, 2.05) is 6.92 Å². The number of rotatable bonds is 7. The number of hydrogen-bond donors (Lipinski definition) is 1. The zero-order valence-corrected chi connectivity index (χ0v) is 11.5. The average Bonchev–Trinajstić information content (AvgIpc) is 2.27.